The van der Waals surface area contributed by atoms with E-state index in [4.69, 9.17) is 19.2 Å². The van der Waals surface area contributed by atoms with Crippen LogP contribution >= 0.6 is 15.9 Å². The van der Waals surface area contributed by atoms with Gasteiger partial charge >= 0.3 is 5.97 Å². The Labute approximate surface area is 208 Å². The average molecular weight is 526 g/mol. The van der Waals surface area contributed by atoms with Crippen molar-refractivity contribution in [2.75, 3.05) is 20.8 Å². The summed E-state index contributed by atoms with van der Waals surface area (Å²) in [5.41, 5.74) is 3.93. The van der Waals surface area contributed by atoms with Crippen LogP contribution in [0.25, 0.3) is 0 Å². The summed E-state index contributed by atoms with van der Waals surface area (Å²) >= 11 is 3.53. The zero-order valence-corrected chi connectivity index (χ0v) is 21.3. The normalized spacial score (nSPS) is 22.1. The molecule has 2 aromatic rings. The summed E-state index contributed by atoms with van der Waals surface area (Å²) < 4.78 is 17.1. The molecule has 0 radical (unpaired) electrons. The Morgan fingerprint density at radius 2 is 1.82 bits per heavy atom. The number of esters is 1. The van der Waals surface area contributed by atoms with E-state index in [1.165, 1.54) is 0 Å². The molecule has 7 heteroatoms. The molecule has 0 fully saturated rings. The molecule has 4 rings (SSSR count). The van der Waals surface area contributed by atoms with Crippen molar-refractivity contribution >= 4 is 33.4 Å². The second-order valence-corrected chi connectivity index (χ2v) is 9.43. The maximum atomic E-state index is 13.6. The van der Waals surface area contributed by atoms with Gasteiger partial charge in [0.05, 0.1) is 20.8 Å². The average Bonchev–Trinajstić information content (AvgIpc) is 2.82. The Balaban J connectivity index is 1.78. The number of aliphatic imine (C=N–C) groups is 1. The summed E-state index contributed by atoms with van der Waals surface area (Å²) in [5.74, 6) is -0.161. The molecule has 0 N–H and O–H groups in total. The van der Waals surface area contributed by atoms with Gasteiger partial charge in [-0.25, -0.2) is 0 Å². The Bertz CT molecular complexity index is 1190. The van der Waals surface area contributed by atoms with E-state index in [1.54, 1.807) is 21.1 Å². The van der Waals surface area contributed by atoms with E-state index in [0.717, 1.165) is 21.3 Å². The standard InChI is InChI=1S/C27H28BrNO5/c1-5-34-27(31)24-15(2)29-20-12-18(16-9-10-22(32-3)23(14-16)33-4)13-21(30)26(20)25(24)17-7-6-8-19(28)11-17/h6-11,14,18,24-25H,5,12-13H2,1-4H3/t18-,24?,25+/m0/s1. The monoisotopic (exact) mass is 525 g/mol. The summed E-state index contributed by atoms with van der Waals surface area (Å²) in [6.45, 7) is 3.90. The minimum Gasteiger partial charge on any atom is -0.493 e. The molecule has 1 unspecified atom stereocenters. The minimum atomic E-state index is -0.630. The summed E-state index contributed by atoms with van der Waals surface area (Å²) in [4.78, 5) is 31.4. The zero-order valence-electron chi connectivity index (χ0n) is 19.8. The number of halogens is 1. The molecule has 1 heterocycles. The Hall–Kier alpha value is -2.93. The van der Waals surface area contributed by atoms with Crippen LogP contribution in [0.4, 0.5) is 0 Å². The van der Waals surface area contributed by atoms with Gasteiger partial charge < -0.3 is 14.2 Å². The zero-order chi connectivity index (χ0) is 24.4. The van der Waals surface area contributed by atoms with Gasteiger partial charge in [0.1, 0.15) is 5.92 Å². The van der Waals surface area contributed by atoms with Crippen molar-refractivity contribution in [3.05, 3.63) is 69.3 Å². The number of ether oxygens (including phenoxy) is 3. The Morgan fingerprint density at radius 3 is 2.50 bits per heavy atom. The van der Waals surface area contributed by atoms with Crippen LogP contribution in [0, 0.1) is 5.92 Å². The highest BCUT2D eigenvalue weighted by molar-refractivity contribution is 9.10. The lowest BCUT2D eigenvalue weighted by Gasteiger charge is -2.36. The molecule has 3 atom stereocenters. The largest absolute Gasteiger partial charge is 0.493 e. The fraction of sp³-hybridized carbons (Fsp3) is 0.370. The molecule has 1 aliphatic heterocycles. The summed E-state index contributed by atoms with van der Waals surface area (Å²) in [7, 11) is 3.20. The molecule has 0 saturated heterocycles. The van der Waals surface area contributed by atoms with E-state index >= 15 is 0 Å². The quantitative estimate of drug-likeness (QED) is 0.458. The van der Waals surface area contributed by atoms with Gasteiger partial charge in [-0.1, -0.05) is 34.1 Å². The molecular formula is C27H28BrNO5. The van der Waals surface area contributed by atoms with E-state index in [9.17, 15) is 9.59 Å². The number of hydrogen-bond donors (Lipinski definition) is 0. The number of hydrogen-bond acceptors (Lipinski definition) is 6. The van der Waals surface area contributed by atoms with Crippen LogP contribution in [0.1, 0.15) is 49.7 Å². The SMILES string of the molecule is CCOC(=O)C1C(C)=NC2=C(C(=O)C[C@@H](c3ccc(OC)c(OC)c3)C2)[C@@H]1c1cccc(Br)c1. The van der Waals surface area contributed by atoms with Gasteiger partial charge in [-0.05, 0) is 61.6 Å². The predicted octanol–water partition coefficient (Wildman–Crippen LogP) is 5.60. The lowest BCUT2D eigenvalue weighted by Crippen LogP contribution is -2.38. The van der Waals surface area contributed by atoms with Crippen LogP contribution in [0.3, 0.4) is 0 Å². The number of rotatable bonds is 6. The highest BCUT2D eigenvalue weighted by Crippen LogP contribution is 2.47. The topological polar surface area (TPSA) is 74.2 Å². The first-order valence-corrected chi connectivity index (χ1v) is 12.1. The third kappa shape index (κ3) is 4.53. The van der Waals surface area contributed by atoms with Gasteiger partial charge in [0.15, 0.2) is 17.3 Å². The molecule has 0 aromatic heterocycles. The molecule has 6 nitrogen and oxygen atoms in total. The summed E-state index contributed by atoms with van der Waals surface area (Å²) in [6.07, 6.45) is 0.941. The smallest absolute Gasteiger partial charge is 0.315 e. The predicted molar refractivity (Wildman–Crippen MR) is 134 cm³/mol. The fourth-order valence-electron chi connectivity index (χ4n) is 5.00. The van der Waals surface area contributed by atoms with Crippen LogP contribution in [-0.4, -0.2) is 38.3 Å². The first-order valence-electron chi connectivity index (χ1n) is 11.3. The van der Waals surface area contributed by atoms with Gasteiger partial charge in [-0.15, -0.1) is 0 Å². The minimum absolute atomic E-state index is 0.0107. The number of carbonyl (C=O) groups excluding carboxylic acids is 2. The van der Waals surface area contributed by atoms with E-state index in [0.29, 0.717) is 35.6 Å². The third-order valence-electron chi connectivity index (χ3n) is 6.52. The first-order chi connectivity index (χ1) is 16.4. The van der Waals surface area contributed by atoms with E-state index < -0.39 is 11.8 Å². The van der Waals surface area contributed by atoms with Crippen molar-refractivity contribution < 1.29 is 23.8 Å². The molecule has 2 aromatic carbocycles. The second-order valence-electron chi connectivity index (χ2n) is 8.52. The van der Waals surface area contributed by atoms with Crippen LogP contribution in [0.15, 0.2) is 63.2 Å². The van der Waals surface area contributed by atoms with Gasteiger partial charge in [-0.2, -0.15) is 0 Å². The lowest BCUT2D eigenvalue weighted by molar-refractivity contribution is -0.146. The van der Waals surface area contributed by atoms with E-state index in [-0.39, 0.29) is 24.3 Å². The fourth-order valence-corrected chi connectivity index (χ4v) is 5.42. The number of methoxy groups -OCH3 is 2. The molecule has 178 valence electrons. The number of ketones is 1. The number of nitrogens with zero attached hydrogens (tertiary/aromatic N) is 1. The van der Waals surface area contributed by atoms with E-state index in [1.807, 2.05) is 49.4 Å². The summed E-state index contributed by atoms with van der Waals surface area (Å²) in [5, 5.41) is 0. The van der Waals surface area contributed by atoms with Crippen LogP contribution < -0.4 is 9.47 Å². The summed E-state index contributed by atoms with van der Waals surface area (Å²) in [6, 6.07) is 13.5. The molecule has 0 spiro atoms. The first kappa shape index (κ1) is 24.2. The second kappa shape index (κ2) is 10.1. The van der Waals surface area contributed by atoms with Crippen molar-refractivity contribution in [2.24, 2.45) is 10.9 Å². The number of benzene rings is 2. The Kier molecular flexibility index (Phi) is 7.22. The maximum Gasteiger partial charge on any atom is 0.315 e. The maximum absolute atomic E-state index is 13.6. The molecule has 0 amide bonds. The van der Waals surface area contributed by atoms with Gasteiger partial charge in [-0.3, -0.25) is 14.6 Å². The molecule has 1 aliphatic carbocycles. The Morgan fingerprint density at radius 1 is 1.06 bits per heavy atom. The van der Waals surface area contributed by atoms with Crippen molar-refractivity contribution in [3.63, 3.8) is 0 Å². The van der Waals surface area contributed by atoms with Gasteiger partial charge in [0.25, 0.3) is 0 Å². The van der Waals surface area contributed by atoms with Gasteiger partial charge in [0, 0.05) is 33.8 Å². The molecule has 2 aliphatic rings. The van der Waals surface area contributed by atoms with Crippen LogP contribution in [0.2, 0.25) is 0 Å². The lowest BCUT2D eigenvalue weighted by atomic mass is 9.69. The van der Waals surface area contributed by atoms with Crippen molar-refractivity contribution in [3.8, 4) is 11.5 Å². The number of allylic oxidation sites excluding steroid dienone is 2. The highest BCUT2D eigenvalue weighted by Gasteiger charge is 2.44. The molecule has 0 bridgehead atoms. The van der Waals surface area contributed by atoms with Crippen LogP contribution in [-0.2, 0) is 14.3 Å². The van der Waals surface area contributed by atoms with Crippen molar-refractivity contribution in [1.29, 1.82) is 0 Å². The molecule has 0 saturated carbocycles. The van der Waals surface area contributed by atoms with Gasteiger partial charge in [0.2, 0.25) is 0 Å². The number of Topliss-reactive ketones (excluding diaryl/α,β-unsaturated/α-hetero) is 1. The molecular weight excluding hydrogens is 498 g/mol. The van der Waals surface area contributed by atoms with E-state index in [2.05, 4.69) is 15.9 Å². The third-order valence-corrected chi connectivity index (χ3v) is 7.01. The van der Waals surface area contributed by atoms with Crippen molar-refractivity contribution in [1.82, 2.24) is 0 Å². The van der Waals surface area contributed by atoms with Crippen molar-refractivity contribution in [2.45, 2.75) is 38.5 Å². The van der Waals surface area contributed by atoms with Crippen LogP contribution in [0.5, 0.6) is 11.5 Å². The number of carbonyl (C=O) groups is 2. The molecule has 34 heavy (non-hydrogen) atoms. The highest BCUT2D eigenvalue weighted by atomic mass is 79.9.